The molecule has 0 unspecified atom stereocenters. The zero-order chi connectivity index (χ0) is 15.5. The molecule has 0 aliphatic heterocycles. The molecule has 3 N–H and O–H groups in total. The van der Waals surface area contributed by atoms with Gasteiger partial charge in [-0.1, -0.05) is 30.3 Å². The van der Waals surface area contributed by atoms with Crippen molar-refractivity contribution in [2.24, 2.45) is 5.10 Å². The second-order valence-electron chi connectivity index (χ2n) is 4.93. The number of amides is 1. The predicted octanol–water partition coefficient (Wildman–Crippen LogP) is 2.95. The van der Waals surface area contributed by atoms with E-state index in [1.165, 1.54) is 12.1 Å². The van der Waals surface area contributed by atoms with Crippen molar-refractivity contribution in [2.75, 3.05) is 0 Å². The zero-order valence-electron chi connectivity index (χ0n) is 12.0. The van der Waals surface area contributed by atoms with Gasteiger partial charge in [0.25, 0.3) is 5.91 Å². The maximum Gasteiger partial charge on any atom is 0.275 e. The molecule has 1 aromatic heterocycles. The van der Waals surface area contributed by atoms with E-state index in [1.807, 2.05) is 31.2 Å². The van der Waals surface area contributed by atoms with E-state index in [1.54, 1.807) is 18.3 Å². The van der Waals surface area contributed by atoms with E-state index in [2.05, 4.69) is 15.5 Å². The van der Waals surface area contributed by atoms with E-state index < -0.39 is 5.91 Å². The first-order valence-corrected chi connectivity index (χ1v) is 6.85. The Morgan fingerprint density at radius 1 is 1.18 bits per heavy atom. The van der Waals surface area contributed by atoms with Gasteiger partial charge < -0.3 is 10.1 Å². The van der Waals surface area contributed by atoms with Crippen LogP contribution in [0, 0.1) is 6.92 Å². The number of H-pyrrole nitrogens is 1. The highest BCUT2D eigenvalue weighted by Gasteiger charge is 2.09. The average molecular weight is 293 g/mol. The number of hydrogen-bond donors (Lipinski definition) is 3. The second-order valence-corrected chi connectivity index (χ2v) is 4.93. The van der Waals surface area contributed by atoms with Crippen molar-refractivity contribution in [3.63, 3.8) is 0 Å². The van der Waals surface area contributed by atoms with Gasteiger partial charge in [-0.05, 0) is 25.1 Å². The number of rotatable bonds is 3. The van der Waals surface area contributed by atoms with E-state index in [-0.39, 0.29) is 11.3 Å². The first-order chi connectivity index (χ1) is 10.7. The molecule has 1 heterocycles. The Morgan fingerprint density at radius 3 is 2.73 bits per heavy atom. The van der Waals surface area contributed by atoms with Crippen molar-refractivity contribution in [1.82, 2.24) is 10.4 Å². The average Bonchev–Trinajstić information content (AvgIpc) is 2.83. The van der Waals surface area contributed by atoms with E-state index >= 15 is 0 Å². The van der Waals surface area contributed by atoms with Crippen molar-refractivity contribution in [1.29, 1.82) is 0 Å². The van der Waals surface area contributed by atoms with E-state index in [4.69, 9.17) is 0 Å². The van der Waals surface area contributed by atoms with Gasteiger partial charge in [-0.25, -0.2) is 5.43 Å². The quantitative estimate of drug-likeness (QED) is 0.513. The number of carbonyl (C=O) groups is 1. The van der Waals surface area contributed by atoms with Crippen LogP contribution in [0.5, 0.6) is 5.75 Å². The van der Waals surface area contributed by atoms with Crippen molar-refractivity contribution in [2.45, 2.75) is 6.92 Å². The molecule has 0 atom stereocenters. The van der Waals surface area contributed by atoms with Gasteiger partial charge >= 0.3 is 0 Å². The smallest absolute Gasteiger partial charge is 0.275 e. The standard InChI is InChI=1S/C17H15N3O2/c1-11-14(12-6-2-4-8-15(12)19-11)10-18-20-17(22)13-7-3-5-9-16(13)21/h2-10,19,21H,1H3,(H,20,22). The molecule has 0 radical (unpaired) electrons. The number of nitrogens with one attached hydrogen (secondary N) is 2. The van der Waals surface area contributed by atoms with Crippen molar-refractivity contribution < 1.29 is 9.90 Å². The monoisotopic (exact) mass is 293 g/mol. The van der Waals surface area contributed by atoms with Crippen LogP contribution in [0.25, 0.3) is 10.9 Å². The normalized spacial score (nSPS) is 11.1. The van der Waals surface area contributed by atoms with Crippen LogP contribution in [0.15, 0.2) is 53.6 Å². The van der Waals surface area contributed by atoms with Gasteiger partial charge in [0.15, 0.2) is 0 Å². The number of aromatic amines is 1. The third kappa shape index (κ3) is 2.56. The fourth-order valence-electron chi connectivity index (χ4n) is 2.35. The molecule has 0 saturated carbocycles. The fraction of sp³-hybridized carbons (Fsp3) is 0.0588. The first kappa shape index (κ1) is 13.9. The van der Waals surface area contributed by atoms with E-state index in [0.29, 0.717) is 0 Å². The van der Waals surface area contributed by atoms with Crippen LogP contribution in [-0.2, 0) is 0 Å². The molecule has 2 aromatic carbocycles. The summed E-state index contributed by atoms with van der Waals surface area (Å²) in [5.41, 5.74) is 5.54. The maximum atomic E-state index is 11.9. The number of hydrazone groups is 1. The minimum Gasteiger partial charge on any atom is -0.507 e. The topological polar surface area (TPSA) is 77.5 Å². The summed E-state index contributed by atoms with van der Waals surface area (Å²) >= 11 is 0. The Morgan fingerprint density at radius 2 is 1.91 bits per heavy atom. The number of nitrogens with zero attached hydrogens (tertiary/aromatic N) is 1. The number of aromatic nitrogens is 1. The van der Waals surface area contributed by atoms with Crippen LogP contribution in [-0.4, -0.2) is 22.2 Å². The highest BCUT2D eigenvalue weighted by Crippen LogP contribution is 2.20. The van der Waals surface area contributed by atoms with Crippen LogP contribution in [0.3, 0.4) is 0 Å². The van der Waals surface area contributed by atoms with Crippen LogP contribution >= 0.6 is 0 Å². The summed E-state index contributed by atoms with van der Waals surface area (Å²) in [4.78, 5) is 15.2. The van der Waals surface area contributed by atoms with Gasteiger partial charge in [-0.3, -0.25) is 4.79 Å². The minimum atomic E-state index is -0.452. The number of hydrogen-bond acceptors (Lipinski definition) is 3. The lowest BCUT2D eigenvalue weighted by molar-refractivity contribution is 0.0952. The third-order valence-corrected chi connectivity index (χ3v) is 3.45. The molecule has 0 aliphatic carbocycles. The summed E-state index contributed by atoms with van der Waals surface area (Å²) in [6, 6.07) is 14.2. The Balaban J connectivity index is 1.81. The largest absolute Gasteiger partial charge is 0.507 e. The molecule has 0 spiro atoms. The van der Waals surface area contributed by atoms with Crippen LogP contribution in [0.4, 0.5) is 0 Å². The molecule has 110 valence electrons. The molecule has 0 aliphatic rings. The van der Waals surface area contributed by atoms with Crippen LogP contribution < -0.4 is 5.43 Å². The molecule has 0 fully saturated rings. The molecule has 3 rings (SSSR count). The van der Waals surface area contributed by atoms with Gasteiger partial charge in [-0.15, -0.1) is 0 Å². The predicted molar refractivity (Wildman–Crippen MR) is 86.2 cm³/mol. The number of benzene rings is 2. The van der Waals surface area contributed by atoms with Gasteiger partial charge in [0.05, 0.1) is 11.8 Å². The summed E-state index contributed by atoms with van der Waals surface area (Å²) in [6.07, 6.45) is 1.60. The van der Waals surface area contributed by atoms with E-state index in [0.717, 1.165) is 22.2 Å². The Labute approximate surface area is 127 Å². The lowest BCUT2D eigenvalue weighted by atomic mass is 10.1. The summed E-state index contributed by atoms with van der Waals surface area (Å²) in [7, 11) is 0. The molecule has 22 heavy (non-hydrogen) atoms. The molecule has 3 aromatic rings. The second kappa shape index (κ2) is 5.73. The number of phenolic OH excluding ortho intramolecular Hbond substituents is 1. The van der Waals surface area contributed by atoms with Gasteiger partial charge in [0.2, 0.25) is 0 Å². The Hall–Kier alpha value is -3.08. The van der Waals surface area contributed by atoms with Gasteiger partial charge in [0.1, 0.15) is 5.75 Å². The number of aryl methyl sites for hydroxylation is 1. The van der Waals surface area contributed by atoms with Crippen molar-refractivity contribution in [3.8, 4) is 5.75 Å². The first-order valence-electron chi connectivity index (χ1n) is 6.85. The molecule has 5 heteroatoms. The Kier molecular flexibility index (Phi) is 3.62. The zero-order valence-corrected chi connectivity index (χ0v) is 12.0. The number of aromatic hydroxyl groups is 1. The molecule has 1 amide bonds. The third-order valence-electron chi connectivity index (χ3n) is 3.45. The highest BCUT2D eigenvalue weighted by molar-refractivity contribution is 6.02. The molecular weight excluding hydrogens is 278 g/mol. The van der Waals surface area contributed by atoms with Crippen molar-refractivity contribution in [3.05, 3.63) is 65.4 Å². The molecule has 5 nitrogen and oxygen atoms in total. The number of carbonyl (C=O) groups excluding carboxylic acids is 1. The molecular formula is C17H15N3O2. The summed E-state index contributed by atoms with van der Waals surface area (Å²) in [6.45, 7) is 1.95. The van der Waals surface area contributed by atoms with Crippen LogP contribution in [0.1, 0.15) is 21.6 Å². The lowest BCUT2D eigenvalue weighted by Gasteiger charge is -2.01. The number of para-hydroxylation sites is 2. The SMILES string of the molecule is Cc1[nH]c2ccccc2c1C=NNC(=O)c1ccccc1O. The molecule has 0 bridgehead atoms. The fourth-order valence-corrected chi connectivity index (χ4v) is 2.35. The summed E-state index contributed by atoms with van der Waals surface area (Å²) in [5, 5.41) is 14.7. The maximum absolute atomic E-state index is 11.9. The summed E-state index contributed by atoms with van der Waals surface area (Å²) < 4.78 is 0. The van der Waals surface area contributed by atoms with Gasteiger partial charge in [-0.2, -0.15) is 5.10 Å². The lowest BCUT2D eigenvalue weighted by Crippen LogP contribution is -2.17. The Bertz CT molecular complexity index is 865. The van der Waals surface area contributed by atoms with Crippen molar-refractivity contribution >= 4 is 23.0 Å². The highest BCUT2D eigenvalue weighted by atomic mass is 16.3. The minimum absolute atomic E-state index is 0.0709. The molecule has 0 saturated heterocycles. The van der Waals surface area contributed by atoms with E-state index in [9.17, 15) is 9.90 Å². The number of fused-ring (bicyclic) bond motifs is 1. The van der Waals surface area contributed by atoms with Crippen LogP contribution in [0.2, 0.25) is 0 Å². The van der Waals surface area contributed by atoms with Gasteiger partial charge in [0, 0.05) is 22.2 Å². The summed E-state index contributed by atoms with van der Waals surface area (Å²) in [5.74, 6) is -0.523. The number of phenols is 1.